The number of aliphatic imine (C=N–C) groups is 1. The van der Waals surface area contributed by atoms with Crippen molar-refractivity contribution in [2.75, 3.05) is 39.8 Å². The molecule has 0 atom stereocenters. The number of methoxy groups -OCH3 is 1. The van der Waals surface area contributed by atoms with Crippen LogP contribution in [-0.2, 0) is 9.53 Å². The van der Waals surface area contributed by atoms with E-state index in [0.717, 1.165) is 44.7 Å². The van der Waals surface area contributed by atoms with Crippen LogP contribution < -0.4 is 10.6 Å². The molecule has 1 aliphatic heterocycles. The minimum atomic E-state index is -0.110. The van der Waals surface area contributed by atoms with Gasteiger partial charge in [0.25, 0.3) is 0 Å². The van der Waals surface area contributed by atoms with Crippen molar-refractivity contribution in [3.8, 4) is 0 Å². The van der Waals surface area contributed by atoms with Crippen molar-refractivity contribution < 1.29 is 9.53 Å². The van der Waals surface area contributed by atoms with Gasteiger partial charge in [-0.3, -0.25) is 9.79 Å². The van der Waals surface area contributed by atoms with Crippen LogP contribution in [0.25, 0.3) is 0 Å². The van der Waals surface area contributed by atoms with Crippen LogP contribution in [0.4, 0.5) is 0 Å². The molecule has 26 heavy (non-hydrogen) atoms. The summed E-state index contributed by atoms with van der Waals surface area (Å²) in [6.07, 6.45) is 8.29. The van der Waals surface area contributed by atoms with E-state index in [4.69, 9.17) is 4.99 Å². The summed E-state index contributed by atoms with van der Waals surface area (Å²) in [7, 11) is 1.44. The van der Waals surface area contributed by atoms with Gasteiger partial charge in [0.15, 0.2) is 5.96 Å². The number of hydrogen-bond donors (Lipinski definition) is 2. The largest absolute Gasteiger partial charge is 0.469 e. The Morgan fingerprint density at radius 3 is 2.46 bits per heavy atom. The van der Waals surface area contributed by atoms with Crippen molar-refractivity contribution in [3.05, 3.63) is 0 Å². The minimum absolute atomic E-state index is 0. The third-order valence-corrected chi connectivity index (χ3v) is 4.60. The highest BCUT2D eigenvalue weighted by Gasteiger charge is 2.19. The molecule has 0 aromatic heterocycles. The number of guanidine groups is 1. The van der Waals surface area contributed by atoms with Gasteiger partial charge in [-0.05, 0) is 45.6 Å². The first-order valence-electron chi connectivity index (χ1n) is 10.0. The Morgan fingerprint density at radius 1 is 1.15 bits per heavy atom. The number of ether oxygens (including phenoxy) is 1. The number of unbranched alkanes of at least 4 members (excludes halogenated alkanes) is 3. The third-order valence-electron chi connectivity index (χ3n) is 4.60. The molecule has 1 heterocycles. The summed E-state index contributed by atoms with van der Waals surface area (Å²) >= 11 is 0. The highest BCUT2D eigenvalue weighted by Crippen LogP contribution is 2.10. The van der Waals surface area contributed by atoms with Crippen molar-refractivity contribution in [2.45, 2.75) is 71.3 Å². The zero-order valence-corrected chi connectivity index (χ0v) is 19.2. The summed E-state index contributed by atoms with van der Waals surface area (Å²) in [6.45, 7) is 9.67. The third kappa shape index (κ3) is 11.9. The van der Waals surface area contributed by atoms with E-state index < -0.39 is 0 Å². The Bertz CT molecular complexity index is 386. The minimum Gasteiger partial charge on any atom is -0.469 e. The molecular weight excluding hydrogens is 443 g/mol. The molecule has 0 spiro atoms. The van der Waals surface area contributed by atoms with E-state index >= 15 is 0 Å². The van der Waals surface area contributed by atoms with Crippen LogP contribution in [-0.4, -0.2) is 62.7 Å². The summed E-state index contributed by atoms with van der Waals surface area (Å²) in [5, 5.41) is 6.95. The summed E-state index contributed by atoms with van der Waals surface area (Å²) in [6, 6.07) is 0.533. The standard InChI is InChI=1S/C19H38N4O2.HI/c1-4-14-23-15-11-17(12-16-23)22-19(20-5-2)21-13-9-7-6-8-10-18(24)25-3;/h17H,4-16H2,1-3H3,(H2,20,21,22);1H. The Balaban J connectivity index is 0.00000625. The average Bonchev–Trinajstić information content (AvgIpc) is 2.62. The van der Waals surface area contributed by atoms with Crippen LogP contribution in [0.1, 0.15) is 65.2 Å². The van der Waals surface area contributed by atoms with Crippen molar-refractivity contribution in [1.82, 2.24) is 15.5 Å². The van der Waals surface area contributed by atoms with Gasteiger partial charge < -0.3 is 20.3 Å². The zero-order chi connectivity index (χ0) is 18.3. The van der Waals surface area contributed by atoms with Gasteiger partial charge in [0, 0.05) is 38.6 Å². The molecule has 7 heteroatoms. The number of nitrogens with one attached hydrogen (secondary N) is 2. The van der Waals surface area contributed by atoms with E-state index in [1.165, 1.54) is 46.0 Å². The molecule has 1 rings (SSSR count). The molecular formula is C19H39IN4O2. The number of carbonyl (C=O) groups is 1. The number of esters is 1. The van der Waals surface area contributed by atoms with Gasteiger partial charge in [0.1, 0.15) is 0 Å². The van der Waals surface area contributed by atoms with Crippen LogP contribution in [0.2, 0.25) is 0 Å². The molecule has 0 aromatic carbocycles. The van der Waals surface area contributed by atoms with E-state index in [1.807, 2.05) is 0 Å². The topological polar surface area (TPSA) is 66.0 Å². The average molecular weight is 482 g/mol. The molecule has 1 fully saturated rings. The lowest BCUT2D eigenvalue weighted by Gasteiger charge is -2.32. The van der Waals surface area contributed by atoms with E-state index in [1.54, 1.807) is 0 Å². The summed E-state index contributed by atoms with van der Waals surface area (Å²) in [5.41, 5.74) is 0. The van der Waals surface area contributed by atoms with Gasteiger partial charge in [0.2, 0.25) is 0 Å². The van der Waals surface area contributed by atoms with E-state index in [0.29, 0.717) is 12.5 Å². The zero-order valence-electron chi connectivity index (χ0n) is 16.9. The predicted molar refractivity (Wildman–Crippen MR) is 119 cm³/mol. The number of hydrogen-bond acceptors (Lipinski definition) is 4. The van der Waals surface area contributed by atoms with Gasteiger partial charge in [-0.25, -0.2) is 0 Å². The van der Waals surface area contributed by atoms with Crippen molar-refractivity contribution >= 4 is 35.9 Å². The first-order chi connectivity index (χ1) is 12.2. The molecule has 0 bridgehead atoms. The van der Waals surface area contributed by atoms with Crippen molar-refractivity contribution in [1.29, 1.82) is 0 Å². The number of likely N-dealkylation sites (tertiary alicyclic amines) is 1. The van der Waals surface area contributed by atoms with E-state index in [9.17, 15) is 4.79 Å². The normalized spacial score (nSPS) is 16.0. The number of carbonyl (C=O) groups excluding carboxylic acids is 1. The molecule has 0 amide bonds. The van der Waals surface area contributed by atoms with Crippen LogP contribution >= 0.6 is 24.0 Å². The Morgan fingerprint density at radius 2 is 1.85 bits per heavy atom. The summed E-state index contributed by atoms with van der Waals surface area (Å²) < 4.78 is 4.65. The maximum atomic E-state index is 11.0. The van der Waals surface area contributed by atoms with Gasteiger partial charge in [0.05, 0.1) is 7.11 Å². The lowest BCUT2D eigenvalue weighted by atomic mass is 10.1. The number of rotatable bonds is 11. The fourth-order valence-electron chi connectivity index (χ4n) is 3.16. The second kappa shape index (κ2) is 16.6. The fourth-order valence-corrected chi connectivity index (χ4v) is 3.16. The maximum absolute atomic E-state index is 11.0. The van der Waals surface area contributed by atoms with E-state index in [2.05, 4.69) is 34.1 Å². The number of piperidine rings is 1. The van der Waals surface area contributed by atoms with Gasteiger partial charge in [-0.2, -0.15) is 0 Å². The molecule has 1 aliphatic rings. The molecule has 1 saturated heterocycles. The summed E-state index contributed by atoms with van der Waals surface area (Å²) in [4.78, 5) is 18.3. The molecule has 2 N–H and O–H groups in total. The molecule has 0 saturated carbocycles. The highest BCUT2D eigenvalue weighted by molar-refractivity contribution is 14.0. The van der Waals surface area contributed by atoms with Gasteiger partial charge in [-0.15, -0.1) is 24.0 Å². The Hall–Kier alpha value is -0.570. The summed E-state index contributed by atoms with van der Waals surface area (Å²) in [5.74, 6) is 0.840. The molecule has 0 aliphatic carbocycles. The number of nitrogens with zero attached hydrogens (tertiary/aromatic N) is 2. The molecule has 0 aromatic rings. The van der Waals surface area contributed by atoms with Crippen LogP contribution in [0.15, 0.2) is 4.99 Å². The lowest BCUT2D eigenvalue weighted by Crippen LogP contribution is -2.48. The molecule has 0 radical (unpaired) electrons. The van der Waals surface area contributed by atoms with Gasteiger partial charge in [-0.1, -0.05) is 19.8 Å². The first-order valence-corrected chi connectivity index (χ1v) is 10.0. The molecule has 0 unspecified atom stereocenters. The van der Waals surface area contributed by atoms with Crippen molar-refractivity contribution in [3.63, 3.8) is 0 Å². The quantitative estimate of drug-likeness (QED) is 0.156. The monoisotopic (exact) mass is 482 g/mol. The second-order valence-corrected chi connectivity index (χ2v) is 6.76. The predicted octanol–water partition coefficient (Wildman–Crippen LogP) is 3.16. The number of halogens is 1. The highest BCUT2D eigenvalue weighted by atomic mass is 127. The Kier molecular flexibility index (Phi) is 16.2. The smallest absolute Gasteiger partial charge is 0.305 e. The van der Waals surface area contributed by atoms with Gasteiger partial charge >= 0.3 is 5.97 Å². The van der Waals surface area contributed by atoms with Crippen molar-refractivity contribution in [2.24, 2.45) is 4.99 Å². The lowest BCUT2D eigenvalue weighted by molar-refractivity contribution is -0.140. The van der Waals surface area contributed by atoms with Crippen LogP contribution in [0, 0.1) is 0 Å². The first kappa shape index (κ1) is 25.4. The SMILES string of the molecule is CCCN1CCC(NC(=NCCCCCCC(=O)OC)NCC)CC1.I. The molecule has 154 valence electrons. The second-order valence-electron chi connectivity index (χ2n) is 6.76. The molecule has 6 nitrogen and oxygen atoms in total. The Labute approximate surface area is 176 Å². The van der Waals surface area contributed by atoms with Crippen LogP contribution in [0.5, 0.6) is 0 Å². The maximum Gasteiger partial charge on any atom is 0.305 e. The fraction of sp³-hybridized carbons (Fsp3) is 0.895. The van der Waals surface area contributed by atoms with E-state index in [-0.39, 0.29) is 29.9 Å². The van der Waals surface area contributed by atoms with Crippen LogP contribution in [0.3, 0.4) is 0 Å².